The lowest BCUT2D eigenvalue weighted by Crippen LogP contribution is -2.69. The fraction of sp³-hybridized carbons (Fsp3) is 0.860. The molecule has 1 aliphatic heterocycles. The van der Waals surface area contributed by atoms with Crippen LogP contribution in [0.3, 0.4) is 0 Å². The third kappa shape index (κ3) is 5.63. The van der Waals surface area contributed by atoms with Gasteiger partial charge in [-0.15, -0.1) is 0 Å². The number of aliphatic carboxylic acids is 1. The van der Waals surface area contributed by atoms with Crippen LogP contribution in [0, 0.1) is 62.6 Å². The summed E-state index contributed by atoms with van der Waals surface area (Å²) in [4.78, 5) is 35.6. The van der Waals surface area contributed by atoms with Gasteiger partial charge in [-0.3, -0.25) is 9.59 Å². The fourth-order valence-corrected chi connectivity index (χ4v) is 13.0. The van der Waals surface area contributed by atoms with E-state index in [9.17, 15) is 14.7 Å². The first-order valence-corrected chi connectivity index (χ1v) is 20.5. The SMILES string of the molecule is CC(C)[C@@H](C)[C@@]1(C)CC[C@]2(C)[C@H]3CC[C@@H]4[C@@]5(COC[C@@]4(C)[C@@H](OC[C@@](C)(C(C)C)N(C)C)[C@H](n4ncnc4C(=O)N(C)C)C5)C3=CC[C@@]2(C)[C@@H]1C(=O)O. The van der Waals surface area contributed by atoms with Gasteiger partial charge in [-0.2, -0.15) is 5.10 Å². The quantitative estimate of drug-likeness (QED) is 0.247. The molecule has 298 valence electrons. The summed E-state index contributed by atoms with van der Waals surface area (Å²) in [5.41, 5.74) is -0.253. The van der Waals surface area contributed by atoms with Gasteiger partial charge in [0.25, 0.3) is 5.91 Å². The third-order valence-corrected chi connectivity index (χ3v) is 17.4. The third-order valence-electron chi connectivity index (χ3n) is 17.4. The number of hydrogen-bond donors (Lipinski definition) is 1. The van der Waals surface area contributed by atoms with Gasteiger partial charge in [-0.1, -0.05) is 74.0 Å². The molecule has 1 amide bonds. The Morgan fingerprint density at radius 2 is 1.72 bits per heavy atom. The first-order chi connectivity index (χ1) is 24.6. The zero-order chi connectivity index (χ0) is 39.3. The molecule has 0 unspecified atom stereocenters. The highest BCUT2D eigenvalue weighted by Gasteiger charge is 2.72. The van der Waals surface area contributed by atoms with Crippen LogP contribution in [0.4, 0.5) is 0 Å². The highest BCUT2D eigenvalue weighted by Crippen LogP contribution is 2.75. The van der Waals surface area contributed by atoms with Gasteiger partial charge in [-0.05, 0) is 105 Å². The number of rotatable bonds is 10. The molecule has 6 rings (SSSR count). The Kier molecular flexibility index (Phi) is 10.2. The van der Waals surface area contributed by atoms with Crippen molar-refractivity contribution in [2.24, 2.45) is 62.6 Å². The van der Waals surface area contributed by atoms with Gasteiger partial charge in [0.05, 0.1) is 37.9 Å². The van der Waals surface area contributed by atoms with E-state index in [0.29, 0.717) is 49.3 Å². The summed E-state index contributed by atoms with van der Waals surface area (Å²) in [6, 6.07) is -0.241. The lowest BCUT2D eigenvalue weighted by atomic mass is 9.34. The fourth-order valence-electron chi connectivity index (χ4n) is 13.0. The van der Waals surface area contributed by atoms with Crippen LogP contribution in [-0.2, 0) is 14.3 Å². The van der Waals surface area contributed by atoms with Gasteiger partial charge >= 0.3 is 5.97 Å². The highest BCUT2D eigenvalue weighted by molar-refractivity contribution is 5.90. The molecule has 3 saturated carbocycles. The van der Waals surface area contributed by atoms with Crippen LogP contribution in [-0.4, -0.2) is 101 Å². The van der Waals surface area contributed by atoms with Crippen molar-refractivity contribution < 1.29 is 24.2 Å². The second-order valence-electron chi connectivity index (χ2n) is 20.5. The van der Waals surface area contributed by atoms with Crippen molar-refractivity contribution in [2.75, 3.05) is 48.0 Å². The van der Waals surface area contributed by atoms with E-state index in [0.717, 1.165) is 38.5 Å². The Hall–Kier alpha value is -2.30. The van der Waals surface area contributed by atoms with E-state index in [1.165, 1.54) is 11.9 Å². The average molecular weight is 738 g/mol. The number of aromatic nitrogens is 3. The van der Waals surface area contributed by atoms with E-state index in [1.807, 2.05) is 4.68 Å². The van der Waals surface area contributed by atoms with Crippen LogP contribution in [0.25, 0.3) is 0 Å². The Labute approximate surface area is 319 Å². The van der Waals surface area contributed by atoms with E-state index in [2.05, 4.69) is 99.3 Å². The Bertz CT molecular complexity index is 1590. The van der Waals surface area contributed by atoms with Crippen LogP contribution < -0.4 is 0 Å². The second kappa shape index (κ2) is 13.4. The van der Waals surface area contributed by atoms with Crippen molar-refractivity contribution in [1.82, 2.24) is 24.6 Å². The maximum atomic E-state index is 13.6. The summed E-state index contributed by atoms with van der Waals surface area (Å²) in [5.74, 6) is 0.692. The summed E-state index contributed by atoms with van der Waals surface area (Å²) in [6.45, 7) is 24.7. The molecule has 5 aliphatic rings. The number of ether oxygens (including phenoxy) is 2. The molecule has 0 radical (unpaired) electrons. The summed E-state index contributed by atoms with van der Waals surface area (Å²) in [7, 11) is 7.77. The van der Waals surface area contributed by atoms with Gasteiger partial charge in [0.2, 0.25) is 5.82 Å². The van der Waals surface area contributed by atoms with Crippen LogP contribution in [0.5, 0.6) is 0 Å². The van der Waals surface area contributed by atoms with Gasteiger partial charge in [0.1, 0.15) is 6.33 Å². The monoisotopic (exact) mass is 738 g/mol. The maximum Gasteiger partial charge on any atom is 0.307 e. The predicted molar refractivity (Wildman–Crippen MR) is 207 cm³/mol. The minimum Gasteiger partial charge on any atom is -0.481 e. The van der Waals surface area contributed by atoms with Crippen LogP contribution in [0.2, 0.25) is 0 Å². The maximum absolute atomic E-state index is 13.6. The molecule has 1 saturated heterocycles. The molecule has 1 aromatic rings. The molecule has 10 nitrogen and oxygen atoms in total. The zero-order valence-electron chi connectivity index (χ0n) is 35.5. The molecule has 1 N–H and O–H groups in total. The number of carbonyl (C=O) groups is 2. The number of carbonyl (C=O) groups excluding carboxylic acids is 1. The Morgan fingerprint density at radius 3 is 2.30 bits per heavy atom. The van der Waals surface area contributed by atoms with Crippen molar-refractivity contribution in [1.29, 1.82) is 0 Å². The van der Waals surface area contributed by atoms with Crippen LogP contribution in [0.15, 0.2) is 18.0 Å². The number of likely N-dealkylation sites (N-methyl/N-ethyl adjacent to an activating group) is 1. The summed E-state index contributed by atoms with van der Waals surface area (Å²) < 4.78 is 16.0. The van der Waals surface area contributed by atoms with Crippen LogP contribution in [0.1, 0.15) is 124 Å². The molecule has 53 heavy (non-hydrogen) atoms. The number of amides is 1. The van der Waals surface area contributed by atoms with Gasteiger partial charge in [-0.25, -0.2) is 9.67 Å². The normalized spacial score (nSPS) is 41.2. The van der Waals surface area contributed by atoms with Crippen molar-refractivity contribution in [3.05, 3.63) is 23.8 Å². The lowest BCUT2D eigenvalue weighted by molar-refractivity contribution is -0.255. The molecule has 12 atom stereocenters. The minimum absolute atomic E-state index is 0.171. The first kappa shape index (κ1) is 40.4. The first-order valence-electron chi connectivity index (χ1n) is 20.5. The highest BCUT2D eigenvalue weighted by atomic mass is 16.5. The molecule has 2 bridgehead atoms. The molecule has 1 aromatic heterocycles. The largest absolute Gasteiger partial charge is 0.481 e. The number of hydrogen-bond acceptors (Lipinski definition) is 7. The summed E-state index contributed by atoms with van der Waals surface area (Å²) in [6.07, 6.45) is 9.22. The Morgan fingerprint density at radius 1 is 1.04 bits per heavy atom. The standard InChI is InChI=1S/C43H71N5O5/c1-26(2)28(5)38(6)19-20-40(8)29-15-16-32-39(7)22-52-24-43(32,30(29)17-18-41(40,9)33(38)37(50)51)21-31(48-35(44-25-45-48)36(49)46(11)12)34(39)53-23-42(10,27(3)4)47(13)14/h17,25-29,31-34H,15-16,18-24H2,1-14H3,(H,50,51)/t28-,29+,31-,32+,33-,34+,38-,39-,40-,41+,42+,43+/m1/s1. The predicted octanol–water partition coefficient (Wildman–Crippen LogP) is 7.47. The van der Waals surface area contributed by atoms with E-state index in [-0.39, 0.29) is 51.2 Å². The number of nitrogens with zero attached hydrogens (tertiary/aromatic N) is 5. The van der Waals surface area contributed by atoms with Gasteiger partial charge in [0, 0.05) is 30.5 Å². The molecule has 4 aliphatic carbocycles. The van der Waals surface area contributed by atoms with Gasteiger partial charge in [0.15, 0.2) is 0 Å². The average Bonchev–Trinajstić information content (AvgIpc) is 3.56. The van der Waals surface area contributed by atoms with Crippen molar-refractivity contribution in [2.45, 2.75) is 125 Å². The molecule has 2 heterocycles. The topological polar surface area (TPSA) is 110 Å². The summed E-state index contributed by atoms with van der Waals surface area (Å²) in [5, 5.41) is 15.9. The molecule has 4 fully saturated rings. The van der Waals surface area contributed by atoms with Crippen molar-refractivity contribution in [3.63, 3.8) is 0 Å². The van der Waals surface area contributed by atoms with Crippen molar-refractivity contribution >= 4 is 11.9 Å². The second-order valence-corrected chi connectivity index (χ2v) is 20.5. The number of fused-ring (bicyclic) bond motifs is 3. The summed E-state index contributed by atoms with van der Waals surface area (Å²) >= 11 is 0. The number of carboxylic acids is 1. The van der Waals surface area contributed by atoms with Crippen molar-refractivity contribution in [3.8, 4) is 0 Å². The molecular formula is C43H71N5O5. The minimum atomic E-state index is -0.640. The lowest BCUT2D eigenvalue weighted by Gasteiger charge is -2.71. The smallest absolute Gasteiger partial charge is 0.307 e. The Balaban J connectivity index is 1.48. The molecule has 0 spiro atoms. The molecule has 0 aromatic carbocycles. The number of carboxylic acid groups (broad SMARTS) is 1. The van der Waals surface area contributed by atoms with E-state index >= 15 is 0 Å². The number of allylic oxidation sites excluding steroid dienone is 1. The zero-order valence-corrected chi connectivity index (χ0v) is 35.5. The van der Waals surface area contributed by atoms with Gasteiger partial charge < -0.3 is 24.4 Å². The van der Waals surface area contributed by atoms with E-state index in [4.69, 9.17) is 14.6 Å². The molecular weight excluding hydrogens is 667 g/mol. The van der Waals surface area contributed by atoms with E-state index < -0.39 is 17.3 Å². The van der Waals surface area contributed by atoms with Crippen LogP contribution >= 0.6 is 0 Å². The molecule has 10 heteroatoms. The van der Waals surface area contributed by atoms with E-state index in [1.54, 1.807) is 19.0 Å².